The fourth-order valence-corrected chi connectivity index (χ4v) is 3.96. The van der Waals surface area contributed by atoms with Crippen LogP contribution in [-0.4, -0.2) is 42.7 Å². The predicted molar refractivity (Wildman–Crippen MR) is 103 cm³/mol. The van der Waals surface area contributed by atoms with Gasteiger partial charge in [0.1, 0.15) is 11.9 Å². The molecule has 0 atom stereocenters. The summed E-state index contributed by atoms with van der Waals surface area (Å²) >= 11 is 3.62. The summed E-state index contributed by atoms with van der Waals surface area (Å²) in [5, 5.41) is 0. The maximum atomic E-state index is 11.9. The molecule has 0 saturated carbocycles. The largest absolute Gasteiger partial charge is 0.489 e. The molecular formula is C20H26BrNO3. The van der Waals surface area contributed by atoms with Gasteiger partial charge in [0.2, 0.25) is 0 Å². The number of esters is 1. The second-order valence-corrected chi connectivity index (χ2v) is 7.85. The fraction of sp³-hybridized carbons (Fsp3) is 0.550. The minimum Gasteiger partial charge on any atom is -0.489 e. The summed E-state index contributed by atoms with van der Waals surface area (Å²) in [5.74, 6) is 0.640. The van der Waals surface area contributed by atoms with Gasteiger partial charge in [-0.1, -0.05) is 0 Å². The van der Waals surface area contributed by atoms with Crippen LogP contribution in [0.15, 0.2) is 22.2 Å². The molecule has 0 amide bonds. The zero-order valence-electron chi connectivity index (χ0n) is 15.2. The summed E-state index contributed by atoms with van der Waals surface area (Å²) in [5.41, 5.74) is 2.91. The Bertz CT molecular complexity index is 676. The molecule has 25 heavy (non-hydrogen) atoms. The molecule has 4 nitrogen and oxygen atoms in total. The van der Waals surface area contributed by atoms with Crippen LogP contribution in [0.2, 0.25) is 0 Å². The summed E-state index contributed by atoms with van der Waals surface area (Å²) in [4.78, 5) is 14.4. The van der Waals surface area contributed by atoms with E-state index in [0.717, 1.165) is 47.3 Å². The van der Waals surface area contributed by atoms with Crippen molar-refractivity contribution in [2.45, 2.75) is 52.2 Å². The molecule has 0 bridgehead atoms. The highest BCUT2D eigenvalue weighted by atomic mass is 79.9. The number of ether oxygens (including phenoxy) is 2. The number of nitrogens with zero attached hydrogens (tertiary/aromatic N) is 1. The van der Waals surface area contributed by atoms with Gasteiger partial charge in [0.05, 0.1) is 11.1 Å². The van der Waals surface area contributed by atoms with E-state index in [1.165, 1.54) is 0 Å². The average Bonchev–Trinajstić information content (AvgIpc) is 2.99. The lowest BCUT2D eigenvalue weighted by Crippen LogP contribution is -2.41. The maximum Gasteiger partial charge on any atom is 0.334 e. The van der Waals surface area contributed by atoms with E-state index in [9.17, 15) is 4.79 Å². The SMILES string of the molecule is CCOC(=O)C1=Cc2cc(OC3CCN(C(C)C)CC3)c(Br)cc2C1. The van der Waals surface area contributed by atoms with Gasteiger partial charge in [0.15, 0.2) is 0 Å². The molecule has 1 aromatic carbocycles. The first-order valence-corrected chi connectivity index (χ1v) is 9.88. The molecule has 1 aliphatic heterocycles. The van der Waals surface area contributed by atoms with Crippen LogP contribution >= 0.6 is 15.9 Å². The third-order valence-corrected chi connectivity index (χ3v) is 5.56. The van der Waals surface area contributed by atoms with Crippen LogP contribution in [0.25, 0.3) is 6.08 Å². The van der Waals surface area contributed by atoms with E-state index in [0.29, 0.717) is 24.6 Å². The second kappa shape index (κ2) is 7.92. The highest BCUT2D eigenvalue weighted by molar-refractivity contribution is 9.10. The van der Waals surface area contributed by atoms with Crippen molar-refractivity contribution in [1.82, 2.24) is 4.90 Å². The molecule has 0 N–H and O–H groups in total. The number of halogens is 1. The first-order valence-electron chi connectivity index (χ1n) is 9.08. The summed E-state index contributed by atoms with van der Waals surface area (Å²) in [7, 11) is 0. The van der Waals surface area contributed by atoms with E-state index < -0.39 is 0 Å². The summed E-state index contributed by atoms with van der Waals surface area (Å²) in [6.07, 6.45) is 4.89. The van der Waals surface area contributed by atoms with Crippen molar-refractivity contribution in [3.05, 3.63) is 33.3 Å². The Balaban J connectivity index is 1.68. The first kappa shape index (κ1) is 18.5. The first-order chi connectivity index (χ1) is 12.0. The van der Waals surface area contributed by atoms with Gasteiger partial charge >= 0.3 is 5.97 Å². The smallest absolute Gasteiger partial charge is 0.334 e. The number of rotatable bonds is 5. The van der Waals surface area contributed by atoms with Crippen LogP contribution in [0.1, 0.15) is 44.7 Å². The van der Waals surface area contributed by atoms with E-state index in [-0.39, 0.29) is 12.1 Å². The van der Waals surface area contributed by atoms with Crippen LogP contribution in [0.5, 0.6) is 5.75 Å². The van der Waals surface area contributed by atoms with Crippen molar-refractivity contribution in [3.8, 4) is 5.75 Å². The van der Waals surface area contributed by atoms with Crippen LogP contribution in [0.3, 0.4) is 0 Å². The third kappa shape index (κ3) is 4.26. The normalized spacial score (nSPS) is 18.2. The number of hydrogen-bond acceptors (Lipinski definition) is 4. The van der Waals surface area contributed by atoms with E-state index in [1.54, 1.807) is 0 Å². The Morgan fingerprint density at radius 1 is 1.32 bits per heavy atom. The minimum absolute atomic E-state index is 0.224. The number of hydrogen-bond donors (Lipinski definition) is 0. The number of carbonyl (C=O) groups excluding carboxylic acids is 1. The quantitative estimate of drug-likeness (QED) is 0.685. The Labute approximate surface area is 158 Å². The minimum atomic E-state index is -0.224. The van der Waals surface area contributed by atoms with Gasteiger partial charge in [-0.05, 0) is 78.9 Å². The monoisotopic (exact) mass is 407 g/mol. The molecule has 3 rings (SSSR count). The fourth-order valence-electron chi connectivity index (χ4n) is 3.48. The maximum absolute atomic E-state index is 11.9. The molecule has 5 heteroatoms. The van der Waals surface area contributed by atoms with E-state index in [2.05, 4.69) is 40.7 Å². The van der Waals surface area contributed by atoms with Gasteiger partial charge in [0, 0.05) is 31.1 Å². The van der Waals surface area contributed by atoms with Gasteiger partial charge in [0.25, 0.3) is 0 Å². The van der Waals surface area contributed by atoms with E-state index in [1.807, 2.05) is 19.1 Å². The molecule has 1 aliphatic carbocycles. The van der Waals surface area contributed by atoms with Crippen molar-refractivity contribution in [3.63, 3.8) is 0 Å². The summed E-state index contributed by atoms with van der Waals surface area (Å²) in [6.45, 7) is 8.88. The molecule has 0 radical (unpaired) electrons. The van der Waals surface area contributed by atoms with Crippen molar-refractivity contribution in [2.75, 3.05) is 19.7 Å². The van der Waals surface area contributed by atoms with Gasteiger partial charge < -0.3 is 14.4 Å². The molecule has 136 valence electrons. The molecular weight excluding hydrogens is 382 g/mol. The zero-order valence-corrected chi connectivity index (χ0v) is 16.8. The highest BCUT2D eigenvalue weighted by Gasteiger charge is 2.25. The Hall–Kier alpha value is -1.33. The molecule has 0 unspecified atom stereocenters. The third-order valence-electron chi connectivity index (χ3n) is 4.94. The number of carbonyl (C=O) groups is 1. The predicted octanol–water partition coefficient (Wildman–Crippen LogP) is 4.20. The molecule has 2 aliphatic rings. The van der Waals surface area contributed by atoms with E-state index >= 15 is 0 Å². The number of likely N-dealkylation sites (tertiary alicyclic amines) is 1. The molecule has 1 aromatic rings. The molecule has 1 heterocycles. The Morgan fingerprint density at radius 2 is 2.04 bits per heavy atom. The molecule has 0 aromatic heterocycles. The Morgan fingerprint density at radius 3 is 2.68 bits per heavy atom. The van der Waals surface area contributed by atoms with Gasteiger partial charge in [-0.15, -0.1) is 0 Å². The van der Waals surface area contributed by atoms with Crippen LogP contribution < -0.4 is 4.74 Å². The van der Waals surface area contributed by atoms with Crippen LogP contribution in [0.4, 0.5) is 0 Å². The Kier molecular flexibility index (Phi) is 5.85. The molecule has 1 saturated heterocycles. The number of piperidine rings is 1. The number of benzene rings is 1. The highest BCUT2D eigenvalue weighted by Crippen LogP contribution is 2.36. The van der Waals surface area contributed by atoms with Crippen molar-refractivity contribution in [1.29, 1.82) is 0 Å². The van der Waals surface area contributed by atoms with Crippen molar-refractivity contribution < 1.29 is 14.3 Å². The number of fused-ring (bicyclic) bond motifs is 1. The second-order valence-electron chi connectivity index (χ2n) is 7.00. The lowest BCUT2D eigenvalue weighted by atomic mass is 10.1. The summed E-state index contributed by atoms with van der Waals surface area (Å²) in [6, 6.07) is 4.70. The van der Waals surface area contributed by atoms with Crippen LogP contribution in [0, 0.1) is 0 Å². The molecule has 0 spiro atoms. The standard InChI is InChI=1S/C20H26BrNO3/c1-4-24-20(23)16-9-14-11-18(21)19(12-15(14)10-16)25-17-5-7-22(8-6-17)13(2)3/h10-13,17H,4-9H2,1-3H3. The molecule has 1 fully saturated rings. The topological polar surface area (TPSA) is 38.8 Å². The lowest BCUT2D eigenvalue weighted by molar-refractivity contribution is -0.138. The summed E-state index contributed by atoms with van der Waals surface area (Å²) < 4.78 is 12.3. The van der Waals surface area contributed by atoms with Gasteiger partial charge in [-0.25, -0.2) is 4.79 Å². The van der Waals surface area contributed by atoms with Crippen molar-refractivity contribution in [2.24, 2.45) is 0 Å². The zero-order chi connectivity index (χ0) is 18.0. The van der Waals surface area contributed by atoms with Gasteiger partial charge in [-0.2, -0.15) is 0 Å². The lowest BCUT2D eigenvalue weighted by Gasteiger charge is -2.34. The van der Waals surface area contributed by atoms with Crippen LogP contribution in [-0.2, 0) is 16.0 Å². The van der Waals surface area contributed by atoms with Gasteiger partial charge in [-0.3, -0.25) is 0 Å². The van der Waals surface area contributed by atoms with Crippen molar-refractivity contribution >= 4 is 28.0 Å². The van der Waals surface area contributed by atoms with E-state index in [4.69, 9.17) is 9.47 Å². The average molecular weight is 408 g/mol.